The van der Waals surface area contributed by atoms with Crippen LogP contribution < -0.4 is 10.6 Å². The molecule has 0 aromatic heterocycles. The fraction of sp³-hybridized carbons (Fsp3) is 0.424. The molecule has 10 nitrogen and oxygen atoms in total. The lowest BCUT2D eigenvalue weighted by Gasteiger charge is -2.50. The second-order valence-electron chi connectivity index (χ2n) is 12.3. The molecule has 6 N–H and O–H groups in total. The molecule has 0 heterocycles. The minimum Gasteiger partial charge on any atom is -0.508 e. The maximum Gasteiger partial charge on any atom is 0.255 e. The first-order valence-electron chi connectivity index (χ1n) is 14.5. The number of phenolic OH excluding ortho intramolecular Hbond substituents is 1. The van der Waals surface area contributed by atoms with Crippen molar-refractivity contribution >= 4 is 28.9 Å². The van der Waals surface area contributed by atoms with Gasteiger partial charge < -0.3 is 31.1 Å². The van der Waals surface area contributed by atoms with Crippen molar-refractivity contribution in [3.8, 4) is 5.75 Å². The first-order valence-corrected chi connectivity index (χ1v) is 14.5. The van der Waals surface area contributed by atoms with Crippen LogP contribution in [0.1, 0.15) is 41.5 Å². The molecule has 0 saturated heterocycles. The smallest absolute Gasteiger partial charge is 0.255 e. The fourth-order valence-corrected chi connectivity index (χ4v) is 7.22. The number of carbonyl (C=O) groups excluding carboxylic acids is 3. The zero-order chi connectivity index (χ0) is 31.4. The topological polar surface area (TPSA) is 165 Å². The van der Waals surface area contributed by atoms with Gasteiger partial charge in [0.05, 0.1) is 11.6 Å². The number of rotatable bonds is 8. The molecular formula is C33H39N3O7. The summed E-state index contributed by atoms with van der Waals surface area (Å²) < 4.78 is 0. The van der Waals surface area contributed by atoms with Gasteiger partial charge in [0.2, 0.25) is 5.78 Å². The van der Waals surface area contributed by atoms with Gasteiger partial charge in [0, 0.05) is 31.3 Å². The number of anilines is 1. The third kappa shape index (κ3) is 4.78. The van der Waals surface area contributed by atoms with Crippen molar-refractivity contribution in [3.05, 3.63) is 75.6 Å². The molecule has 3 aliphatic carbocycles. The number of nitrogens with two attached hydrogens (primary N) is 1. The Kier molecular flexibility index (Phi) is 7.87. The fourth-order valence-electron chi connectivity index (χ4n) is 7.22. The van der Waals surface area contributed by atoms with Crippen LogP contribution >= 0.6 is 0 Å². The van der Waals surface area contributed by atoms with Gasteiger partial charge >= 0.3 is 0 Å². The van der Waals surface area contributed by atoms with E-state index in [1.165, 1.54) is 10.5 Å². The summed E-state index contributed by atoms with van der Waals surface area (Å²) in [5.74, 6) is -6.44. The zero-order valence-corrected chi connectivity index (χ0v) is 24.9. The summed E-state index contributed by atoms with van der Waals surface area (Å²) >= 11 is 0. The number of fused-ring (bicyclic) bond motifs is 3. The van der Waals surface area contributed by atoms with Crippen molar-refractivity contribution in [1.82, 2.24) is 4.90 Å². The Hall–Kier alpha value is -4.15. The highest BCUT2D eigenvalue weighted by Gasteiger charge is 2.64. The van der Waals surface area contributed by atoms with Gasteiger partial charge in [-0.25, -0.2) is 0 Å². The van der Waals surface area contributed by atoms with Gasteiger partial charge in [0.25, 0.3) is 5.91 Å². The largest absolute Gasteiger partial charge is 0.508 e. The van der Waals surface area contributed by atoms with Gasteiger partial charge in [-0.05, 0) is 81.3 Å². The highest BCUT2D eigenvalue weighted by atomic mass is 16.3. The number of aliphatic hydroxyl groups is 3. The number of primary amides is 1. The van der Waals surface area contributed by atoms with E-state index < -0.39 is 58.0 Å². The second kappa shape index (κ2) is 11.2. The van der Waals surface area contributed by atoms with Crippen molar-refractivity contribution in [2.75, 3.05) is 33.1 Å². The molecule has 5 rings (SSSR count). The van der Waals surface area contributed by atoms with E-state index in [0.717, 1.165) is 24.9 Å². The van der Waals surface area contributed by atoms with E-state index in [1.807, 2.05) is 43.3 Å². The number of ketones is 2. The minimum atomic E-state index is -2.65. The van der Waals surface area contributed by atoms with Crippen molar-refractivity contribution in [2.24, 2.45) is 17.6 Å². The van der Waals surface area contributed by atoms with Crippen LogP contribution in [0.25, 0.3) is 5.76 Å². The predicted octanol–water partition coefficient (Wildman–Crippen LogP) is 2.60. The monoisotopic (exact) mass is 589 g/mol. The number of carbonyl (C=O) groups is 3. The summed E-state index contributed by atoms with van der Waals surface area (Å²) in [5.41, 5.74) is 5.20. The Balaban J connectivity index is 1.58. The number of aliphatic hydroxyl groups excluding tert-OH is 2. The highest BCUT2D eigenvalue weighted by molar-refractivity contribution is 6.24. The van der Waals surface area contributed by atoms with E-state index in [0.29, 0.717) is 17.5 Å². The molecule has 1 amide bonds. The molecule has 2 aromatic carbocycles. The highest BCUT2D eigenvalue weighted by Crippen LogP contribution is 2.54. The molecule has 228 valence electrons. The Morgan fingerprint density at radius 1 is 1.02 bits per heavy atom. The van der Waals surface area contributed by atoms with Gasteiger partial charge in [-0.3, -0.25) is 19.3 Å². The Labute approximate surface area is 250 Å². The number of aryl methyl sites for hydroxylation is 2. The molecule has 1 saturated carbocycles. The van der Waals surface area contributed by atoms with E-state index in [4.69, 9.17) is 5.73 Å². The number of hydrogen-bond donors (Lipinski definition) is 5. The first kappa shape index (κ1) is 30.3. The van der Waals surface area contributed by atoms with Gasteiger partial charge in [0.15, 0.2) is 11.4 Å². The Bertz CT molecular complexity index is 1560. The summed E-state index contributed by atoms with van der Waals surface area (Å²) in [6.07, 6.45) is 3.41. The van der Waals surface area contributed by atoms with Crippen LogP contribution in [-0.4, -0.2) is 82.6 Å². The van der Waals surface area contributed by atoms with Crippen LogP contribution in [0.15, 0.2) is 53.3 Å². The lowest BCUT2D eigenvalue weighted by molar-refractivity contribution is -0.153. The van der Waals surface area contributed by atoms with Crippen LogP contribution in [0.5, 0.6) is 5.75 Å². The minimum absolute atomic E-state index is 0.0562. The number of phenols is 1. The van der Waals surface area contributed by atoms with Crippen molar-refractivity contribution in [3.63, 3.8) is 0 Å². The molecule has 43 heavy (non-hydrogen) atoms. The number of amides is 1. The molecule has 10 heteroatoms. The van der Waals surface area contributed by atoms with E-state index >= 15 is 0 Å². The van der Waals surface area contributed by atoms with Gasteiger partial charge in [-0.15, -0.1) is 0 Å². The quantitative estimate of drug-likeness (QED) is 0.230. The molecule has 0 bridgehead atoms. The third-order valence-corrected chi connectivity index (χ3v) is 9.26. The summed E-state index contributed by atoms with van der Waals surface area (Å²) in [6.45, 7) is 0. The molecule has 2 aromatic rings. The number of hydrogen-bond acceptors (Lipinski definition) is 9. The van der Waals surface area contributed by atoms with Crippen LogP contribution in [0.4, 0.5) is 5.69 Å². The SMILES string of the molecule is CN(C)c1cc(CCCCc2ccccc2)c(O)c2c1CC1CC3C(N(C)C)C(=O)C(C(N)=O)=C(O)C3(O)C(=O)C1=C2O. The number of nitrogens with zero attached hydrogens (tertiary/aromatic N) is 2. The molecule has 0 radical (unpaired) electrons. The number of unbranched alkanes of at least 4 members (excludes halogenated alkanes) is 1. The van der Waals surface area contributed by atoms with Crippen LogP contribution in [0, 0.1) is 11.8 Å². The van der Waals surface area contributed by atoms with E-state index in [2.05, 4.69) is 12.1 Å². The maximum absolute atomic E-state index is 14.1. The summed E-state index contributed by atoms with van der Waals surface area (Å²) in [5, 5.41) is 46.0. The summed E-state index contributed by atoms with van der Waals surface area (Å²) in [7, 11) is 6.89. The molecule has 3 aliphatic rings. The zero-order valence-electron chi connectivity index (χ0n) is 24.9. The second-order valence-corrected chi connectivity index (χ2v) is 12.3. The lowest BCUT2D eigenvalue weighted by atomic mass is 9.57. The molecule has 4 atom stereocenters. The van der Waals surface area contributed by atoms with Crippen LogP contribution in [0.2, 0.25) is 0 Å². The average molecular weight is 590 g/mol. The van der Waals surface area contributed by atoms with Crippen molar-refractivity contribution in [1.29, 1.82) is 0 Å². The third-order valence-electron chi connectivity index (χ3n) is 9.26. The average Bonchev–Trinajstić information content (AvgIpc) is 2.94. The van der Waals surface area contributed by atoms with Gasteiger partial charge in [-0.2, -0.15) is 0 Å². The normalized spacial score (nSPS) is 25.0. The Morgan fingerprint density at radius 3 is 2.28 bits per heavy atom. The number of Topliss-reactive ketones (excluding diaryl/α,β-unsaturated/α-hetero) is 2. The first-order chi connectivity index (χ1) is 20.3. The number of likely N-dealkylation sites (N-methyl/N-ethyl adjacent to an activating group) is 1. The Morgan fingerprint density at radius 2 is 1.67 bits per heavy atom. The van der Waals surface area contributed by atoms with Crippen molar-refractivity contribution < 1.29 is 34.8 Å². The molecule has 4 unspecified atom stereocenters. The molecule has 0 spiro atoms. The van der Waals surface area contributed by atoms with Crippen LogP contribution in [0.3, 0.4) is 0 Å². The van der Waals surface area contributed by atoms with E-state index in [-0.39, 0.29) is 29.7 Å². The van der Waals surface area contributed by atoms with Gasteiger partial charge in [-0.1, -0.05) is 30.3 Å². The molecule has 0 aliphatic heterocycles. The number of aromatic hydroxyl groups is 1. The predicted molar refractivity (Wildman–Crippen MR) is 162 cm³/mol. The summed E-state index contributed by atoms with van der Waals surface area (Å²) in [4.78, 5) is 43.0. The van der Waals surface area contributed by atoms with Gasteiger partial charge in [0.1, 0.15) is 22.8 Å². The summed E-state index contributed by atoms with van der Waals surface area (Å²) in [6, 6.07) is 10.9. The van der Waals surface area contributed by atoms with E-state index in [1.54, 1.807) is 14.1 Å². The van der Waals surface area contributed by atoms with E-state index in [9.17, 15) is 34.8 Å². The van der Waals surface area contributed by atoms with Crippen molar-refractivity contribution in [2.45, 2.75) is 50.2 Å². The lowest BCUT2D eigenvalue weighted by Crippen LogP contribution is -2.65. The number of benzene rings is 2. The maximum atomic E-state index is 14.1. The van der Waals surface area contributed by atoms with Crippen LogP contribution in [-0.2, 0) is 33.6 Å². The standard InChI is InChI=1S/C33H39N3O7/c1-35(2)22-16-18(13-9-8-12-17-10-6-5-7-11-17)27(37)24-20(22)14-19-15-21-26(36(3)4)29(39)25(32(34)42)31(41)33(21,43)30(40)23(19)28(24)38/h5-7,10-11,16,19,21,26,37-38,41,43H,8-9,12-15H2,1-4H3,(H2,34,42). The molecule has 1 fully saturated rings. The molecular weight excluding hydrogens is 550 g/mol.